The van der Waals surface area contributed by atoms with E-state index in [1.54, 1.807) is 37.3 Å². The van der Waals surface area contributed by atoms with Crippen molar-refractivity contribution in [2.24, 2.45) is 5.92 Å². The van der Waals surface area contributed by atoms with Gasteiger partial charge >= 0.3 is 0 Å². The average molecular weight is 372 g/mol. The van der Waals surface area contributed by atoms with Crippen LogP contribution in [0.3, 0.4) is 0 Å². The first-order valence-corrected chi connectivity index (χ1v) is 8.94. The number of ether oxygens (including phenoxy) is 1. The highest BCUT2D eigenvalue weighted by atomic mass is 19.1. The van der Waals surface area contributed by atoms with E-state index in [0.29, 0.717) is 29.5 Å². The van der Waals surface area contributed by atoms with E-state index < -0.39 is 17.8 Å². The minimum Gasteiger partial charge on any atom is -0.369 e. The second-order valence-electron chi connectivity index (χ2n) is 6.73. The summed E-state index contributed by atoms with van der Waals surface area (Å²) in [5.74, 6) is -0.590. The molecule has 6 heteroatoms. The van der Waals surface area contributed by atoms with Gasteiger partial charge in [0.1, 0.15) is 11.9 Å². The quantitative estimate of drug-likeness (QED) is 0.718. The highest BCUT2D eigenvalue weighted by molar-refractivity contribution is 6.05. The molecular formula is C21H25FN2O3. The van der Waals surface area contributed by atoms with Gasteiger partial charge in [-0.3, -0.25) is 9.59 Å². The Morgan fingerprint density at radius 3 is 2.33 bits per heavy atom. The zero-order valence-electron chi connectivity index (χ0n) is 15.8. The molecule has 5 nitrogen and oxygen atoms in total. The van der Waals surface area contributed by atoms with Gasteiger partial charge in [0, 0.05) is 23.5 Å². The molecule has 0 bridgehead atoms. The van der Waals surface area contributed by atoms with Gasteiger partial charge < -0.3 is 15.4 Å². The van der Waals surface area contributed by atoms with E-state index >= 15 is 0 Å². The van der Waals surface area contributed by atoms with Crippen LogP contribution in [-0.2, 0) is 9.53 Å². The van der Waals surface area contributed by atoms with Crippen LogP contribution in [0, 0.1) is 11.7 Å². The Morgan fingerprint density at radius 1 is 1.00 bits per heavy atom. The van der Waals surface area contributed by atoms with Gasteiger partial charge in [-0.1, -0.05) is 26.0 Å². The SMILES string of the molecule is CC(C)CCOC(C)C(=O)Nc1cccc(C(=O)Nc2cccc(F)c2)c1. The smallest absolute Gasteiger partial charge is 0.255 e. The first-order valence-electron chi connectivity index (χ1n) is 8.94. The van der Waals surface area contributed by atoms with Gasteiger partial charge in [0.2, 0.25) is 0 Å². The van der Waals surface area contributed by atoms with Gasteiger partial charge in [-0.05, 0) is 55.7 Å². The molecule has 0 fully saturated rings. The lowest BCUT2D eigenvalue weighted by atomic mass is 10.1. The molecule has 2 aromatic rings. The predicted molar refractivity (Wildman–Crippen MR) is 104 cm³/mol. The number of hydrogen-bond acceptors (Lipinski definition) is 3. The Kier molecular flexibility index (Phi) is 7.49. The third-order valence-electron chi connectivity index (χ3n) is 3.91. The molecule has 1 atom stereocenters. The van der Waals surface area contributed by atoms with Gasteiger partial charge in [-0.2, -0.15) is 0 Å². The fraction of sp³-hybridized carbons (Fsp3) is 0.333. The van der Waals surface area contributed by atoms with Gasteiger partial charge in [0.25, 0.3) is 11.8 Å². The first kappa shape index (κ1) is 20.6. The van der Waals surface area contributed by atoms with Gasteiger partial charge in [-0.15, -0.1) is 0 Å². The maximum absolute atomic E-state index is 13.2. The summed E-state index contributed by atoms with van der Waals surface area (Å²) in [7, 11) is 0. The summed E-state index contributed by atoms with van der Waals surface area (Å²) in [6.45, 7) is 6.39. The molecule has 144 valence electrons. The Hall–Kier alpha value is -2.73. The molecule has 0 aliphatic carbocycles. The van der Waals surface area contributed by atoms with Crippen LogP contribution in [0.5, 0.6) is 0 Å². The minimum atomic E-state index is -0.589. The summed E-state index contributed by atoms with van der Waals surface area (Å²) in [6.07, 6.45) is 0.293. The van der Waals surface area contributed by atoms with E-state index in [1.807, 2.05) is 0 Å². The van der Waals surface area contributed by atoms with Crippen LogP contribution >= 0.6 is 0 Å². The fourth-order valence-corrected chi connectivity index (χ4v) is 2.31. The second kappa shape index (κ2) is 9.83. The van der Waals surface area contributed by atoms with E-state index in [2.05, 4.69) is 24.5 Å². The fourth-order valence-electron chi connectivity index (χ4n) is 2.31. The van der Waals surface area contributed by atoms with Crippen LogP contribution in [-0.4, -0.2) is 24.5 Å². The van der Waals surface area contributed by atoms with Crippen molar-refractivity contribution in [1.29, 1.82) is 0 Å². The molecule has 0 saturated heterocycles. The molecular weight excluding hydrogens is 347 g/mol. The van der Waals surface area contributed by atoms with Gasteiger partial charge in [0.05, 0.1) is 0 Å². The molecule has 0 heterocycles. The lowest BCUT2D eigenvalue weighted by molar-refractivity contribution is -0.126. The summed E-state index contributed by atoms with van der Waals surface area (Å²) in [5, 5.41) is 5.37. The molecule has 0 aliphatic rings. The predicted octanol–water partition coefficient (Wildman–Crippen LogP) is 4.47. The second-order valence-corrected chi connectivity index (χ2v) is 6.73. The monoisotopic (exact) mass is 372 g/mol. The maximum atomic E-state index is 13.2. The maximum Gasteiger partial charge on any atom is 0.255 e. The van der Waals surface area contributed by atoms with Crippen molar-refractivity contribution < 1.29 is 18.7 Å². The number of nitrogens with one attached hydrogen (secondary N) is 2. The molecule has 0 aromatic heterocycles. The van der Waals surface area contributed by atoms with Crippen molar-refractivity contribution >= 4 is 23.2 Å². The van der Waals surface area contributed by atoms with E-state index in [-0.39, 0.29) is 5.91 Å². The van der Waals surface area contributed by atoms with Crippen molar-refractivity contribution in [3.8, 4) is 0 Å². The Labute approximate surface area is 158 Å². The summed E-state index contributed by atoms with van der Waals surface area (Å²) < 4.78 is 18.8. The molecule has 0 radical (unpaired) electrons. The van der Waals surface area contributed by atoms with Gasteiger partial charge in [0.15, 0.2) is 0 Å². The zero-order chi connectivity index (χ0) is 19.8. The molecule has 27 heavy (non-hydrogen) atoms. The molecule has 0 saturated carbocycles. The summed E-state index contributed by atoms with van der Waals surface area (Å²) >= 11 is 0. The topological polar surface area (TPSA) is 67.4 Å². The van der Waals surface area contributed by atoms with Crippen LogP contribution in [0.1, 0.15) is 37.6 Å². The number of carbonyl (C=O) groups excluding carboxylic acids is 2. The largest absolute Gasteiger partial charge is 0.369 e. The standard InChI is InChI=1S/C21H25FN2O3/c1-14(2)10-11-27-15(3)20(25)23-18-8-4-6-16(12-18)21(26)24-19-9-5-7-17(22)13-19/h4-9,12-15H,10-11H2,1-3H3,(H,23,25)(H,24,26). The molecule has 1 unspecified atom stereocenters. The van der Waals surface area contributed by atoms with Crippen LogP contribution in [0.15, 0.2) is 48.5 Å². The van der Waals surface area contributed by atoms with Crippen molar-refractivity contribution in [3.05, 3.63) is 59.9 Å². The Morgan fingerprint density at radius 2 is 1.67 bits per heavy atom. The first-order chi connectivity index (χ1) is 12.8. The number of halogens is 1. The minimum absolute atomic E-state index is 0.276. The number of amides is 2. The van der Waals surface area contributed by atoms with Crippen molar-refractivity contribution in [2.45, 2.75) is 33.3 Å². The van der Waals surface area contributed by atoms with Crippen LogP contribution in [0.2, 0.25) is 0 Å². The van der Waals surface area contributed by atoms with Crippen LogP contribution < -0.4 is 10.6 Å². The Balaban J connectivity index is 1.96. The van der Waals surface area contributed by atoms with Crippen molar-refractivity contribution in [2.75, 3.05) is 17.2 Å². The van der Waals surface area contributed by atoms with Crippen LogP contribution in [0.25, 0.3) is 0 Å². The average Bonchev–Trinajstić information content (AvgIpc) is 2.61. The number of benzene rings is 2. The van der Waals surface area contributed by atoms with E-state index in [1.165, 1.54) is 18.2 Å². The summed E-state index contributed by atoms with van der Waals surface area (Å²) in [4.78, 5) is 24.6. The summed E-state index contributed by atoms with van der Waals surface area (Å²) in [5.41, 5.74) is 1.21. The zero-order valence-corrected chi connectivity index (χ0v) is 15.8. The van der Waals surface area contributed by atoms with Crippen molar-refractivity contribution in [3.63, 3.8) is 0 Å². The molecule has 2 N–H and O–H groups in total. The third kappa shape index (κ3) is 6.83. The third-order valence-corrected chi connectivity index (χ3v) is 3.91. The number of hydrogen-bond donors (Lipinski definition) is 2. The van der Waals surface area contributed by atoms with E-state index in [4.69, 9.17) is 4.74 Å². The molecule has 2 rings (SSSR count). The van der Waals surface area contributed by atoms with Crippen molar-refractivity contribution in [1.82, 2.24) is 0 Å². The van der Waals surface area contributed by atoms with E-state index in [9.17, 15) is 14.0 Å². The molecule has 0 aliphatic heterocycles. The van der Waals surface area contributed by atoms with Crippen LogP contribution in [0.4, 0.5) is 15.8 Å². The number of anilines is 2. The molecule has 2 aromatic carbocycles. The normalized spacial score (nSPS) is 11.9. The molecule has 2 amide bonds. The Bertz CT molecular complexity index is 793. The molecule has 0 spiro atoms. The lowest BCUT2D eigenvalue weighted by Gasteiger charge is -2.14. The number of carbonyl (C=O) groups is 2. The summed E-state index contributed by atoms with van der Waals surface area (Å²) in [6, 6.07) is 12.2. The number of rotatable bonds is 8. The highest BCUT2D eigenvalue weighted by Crippen LogP contribution is 2.15. The van der Waals surface area contributed by atoms with Gasteiger partial charge in [-0.25, -0.2) is 4.39 Å². The lowest BCUT2D eigenvalue weighted by Crippen LogP contribution is -2.28. The van der Waals surface area contributed by atoms with E-state index in [0.717, 1.165) is 6.42 Å². The highest BCUT2D eigenvalue weighted by Gasteiger charge is 2.15.